The van der Waals surface area contributed by atoms with Gasteiger partial charge in [0.05, 0.1) is 6.61 Å². The molecule has 3 aromatic rings. The van der Waals surface area contributed by atoms with Gasteiger partial charge in [-0.15, -0.1) is 0 Å². The quantitative estimate of drug-likeness (QED) is 0.433. The Labute approximate surface area is 254 Å². The Morgan fingerprint density at radius 1 is 1.02 bits per heavy atom. The van der Waals surface area contributed by atoms with Crippen LogP contribution in [-0.2, 0) is 17.8 Å². The van der Waals surface area contributed by atoms with Crippen LogP contribution in [0.5, 0.6) is 11.8 Å². The number of hydrogen-bond donors (Lipinski definition) is 2. The van der Waals surface area contributed by atoms with E-state index < -0.39 is 18.8 Å². The molecule has 6 bridgehead atoms. The minimum atomic E-state index is -4.55. The number of carbonyl (C=O) groups is 2. The van der Waals surface area contributed by atoms with Gasteiger partial charge in [0.25, 0.3) is 5.91 Å². The molecule has 0 saturated heterocycles. The number of nitrogens with zero attached hydrogens (tertiary/aromatic N) is 4. The number of anilines is 1. The summed E-state index contributed by atoms with van der Waals surface area (Å²) in [5.41, 5.74) is 1.65. The summed E-state index contributed by atoms with van der Waals surface area (Å²) in [7, 11) is 0. The maximum atomic E-state index is 12.9. The molecule has 2 amide bonds. The van der Waals surface area contributed by atoms with E-state index in [4.69, 9.17) is 9.47 Å². The molecule has 4 aliphatic rings. The van der Waals surface area contributed by atoms with Gasteiger partial charge in [-0.2, -0.15) is 28.1 Å². The highest BCUT2D eigenvalue weighted by atomic mass is 19.4. The zero-order chi connectivity index (χ0) is 31.7. The molecular formula is C31H37F3N6O4. The molecule has 236 valence electrons. The number of rotatable bonds is 3. The molecule has 0 unspecified atom stereocenters. The summed E-state index contributed by atoms with van der Waals surface area (Å²) in [5.74, 6) is 0.701. The van der Waals surface area contributed by atoms with Gasteiger partial charge in [-0.05, 0) is 47.2 Å². The van der Waals surface area contributed by atoms with Crippen LogP contribution in [0.25, 0.3) is 0 Å². The first-order chi connectivity index (χ1) is 20.9. The molecule has 0 aliphatic carbocycles. The van der Waals surface area contributed by atoms with Gasteiger partial charge in [0.2, 0.25) is 11.9 Å². The van der Waals surface area contributed by atoms with Gasteiger partial charge in [-0.25, -0.2) is 0 Å². The number of nitrogens with one attached hydrogen (secondary N) is 2. The van der Waals surface area contributed by atoms with Crippen LogP contribution in [0.3, 0.4) is 0 Å². The van der Waals surface area contributed by atoms with E-state index in [-0.39, 0.29) is 42.0 Å². The van der Waals surface area contributed by atoms with Gasteiger partial charge in [0, 0.05) is 44.6 Å². The first kappa shape index (κ1) is 32.5. The number of ether oxygens (including phenoxy) is 2. The van der Waals surface area contributed by atoms with Gasteiger partial charge < -0.3 is 25.0 Å². The predicted molar refractivity (Wildman–Crippen MR) is 157 cm³/mol. The van der Waals surface area contributed by atoms with E-state index in [1.54, 1.807) is 24.3 Å². The van der Waals surface area contributed by atoms with Gasteiger partial charge in [-0.1, -0.05) is 45.0 Å². The second-order valence-electron chi connectivity index (χ2n) is 11.4. The number of amides is 2. The minimum Gasteiger partial charge on any atom is -0.494 e. The Kier molecular flexibility index (Phi) is 10.6. The topological polar surface area (TPSA) is 119 Å². The Hall–Kier alpha value is -4.42. The fourth-order valence-electron chi connectivity index (χ4n) is 4.56. The summed E-state index contributed by atoms with van der Waals surface area (Å²) in [4.78, 5) is 39.9. The standard InChI is InChI=1S/C31H37F3N6O4/c1-4-26(41)40-14-5-15-43-24-12-8-22(9-13-24)17-35-28-37-25(38-29(39-28)44-20-31(32,33)34)16-21-6-10-23(11-7-21)27(42)36-18-30(2,3)19-40/h6-13H,4-5,14-20H2,1-3H3,(H,36,42)(H,35,37,38,39). The highest BCUT2D eigenvalue weighted by molar-refractivity contribution is 5.94. The van der Waals surface area contributed by atoms with Crippen LogP contribution >= 0.6 is 0 Å². The molecule has 2 N–H and O–H groups in total. The fourth-order valence-corrected chi connectivity index (χ4v) is 4.56. The van der Waals surface area contributed by atoms with Crippen LogP contribution in [0.2, 0.25) is 0 Å². The number of halogens is 3. The first-order valence-corrected chi connectivity index (χ1v) is 14.4. The third-order valence-corrected chi connectivity index (χ3v) is 6.82. The minimum absolute atomic E-state index is 0.0422. The SMILES string of the molecule is CCC(=O)N1CCCOc2ccc(cc2)CNc2nc(nc(OCC(F)(F)F)n2)Cc2ccc(cc2)C(=O)NCC(C)(C)C1. The maximum absolute atomic E-state index is 12.9. The van der Waals surface area contributed by atoms with Crippen molar-refractivity contribution in [1.29, 1.82) is 0 Å². The molecule has 44 heavy (non-hydrogen) atoms. The van der Waals surface area contributed by atoms with Crippen molar-refractivity contribution in [3.63, 3.8) is 0 Å². The number of benzene rings is 2. The van der Waals surface area contributed by atoms with Crippen LogP contribution in [0.1, 0.15) is 60.9 Å². The number of hydrogen-bond acceptors (Lipinski definition) is 8. The summed E-state index contributed by atoms with van der Waals surface area (Å²) in [6, 6.07) is 13.7. The van der Waals surface area contributed by atoms with Gasteiger partial charge in [0.1, 0.15) is 11.6 Å². The first-order valence-electron chi connectivity index (χ1n) is 14.4. The maximum Gasteiger partial charge on any atom is 0.422 e. The summed E-state index contributed by atoms with van der Waals surface area (Å²) in [5, 5.41) is 5.98. The number of carbonyl (C=O) groups excluding carboxylic acids is 2. The van der Waals surface area contributed by atoms with E-state index in [9.17, 15) is 22.8 Å². The average Bonchev–Trinajstić information content (AvgIpc) is 2.99. The second kappa shape index (κ2) is 14.4. The molecule has 10 nitrogen and oxygen atoms in total. The fraction of sp³-hybridized carbons (Fsp3) is 0.452. The number of alkyl halides is 3. The van der Waals surface area contributed by atoms with Crippen LogP contribution in [0.4, 0.5) is 19.1 Å². The summed E-state index contributed by atoms with van der Waals surface area (Å²) in [6.45, 7) is 6.34. The monoisotopic (exact) mass is 614 g/mol. The molecule has 2 aromatic carbocycles. The van der Waals surface area contributed by atoms with Crippen molar-refractivity contribution >= 4 is 17.8 Å². The Morgan fingerprint density at radius 2 is 1.73 bits per heavy atom. The molecular weight excluding hydrogens is 577 g/mol. The van der Waals surface area contributed by atoms with Gasteiger partial charge in [-0.3, -0.25) is 9.59 Å². The third-order valence-electron chi connectivity index (χ3n) is 6.82. The molecule has 0 spiro atoms. The lowest BCUT2D eigenvalue weighted by atomic mass is 9.92. The molecule has 0 fully saturated rings. The van der Waals surface area contributed by atoms with E-state index in [1.807, 2.05) is 49.9 Å². The second-order valence-corrected chi connectivity index (χ2v) is 11.4. The summed E-state index contributed by atoms with van der Waals surface area (Å²) >= 11 is 0. The van der Waals surface area contributed by atoms with Crippen molar-refractivity contribution < 1.29 is 32.2 Å². The predicted octanol–water partition coefficient (Wildman–Crippen LogP) is 4.79. The lowest BCUT2D eigenvalue weighted by Gasteiger charge is -2.33. The van der Waals surface area contributed by atoms with E-state index in [0.717, 1.165) is 11.1 Å². The van der Waals surface area contributed by atoms with Crippen molar-refractivity contribution in [2.24, 2.45) is 5.41 Å². The van der Waals surface area contributed by atoms with Crippen LogP contribution in [0.15, 0.2) is 48.5 Å². The lowest BCUT2D eigenvalue weighted by Crippen LogP contribution is -2.44. The zero-order valence-corrected chi connectivity index (χ0v) is 25.0. The van der Waals surface area contributed by atoms with Crippen molar-refractivity contribution in [1.82, 2.24) is 25.2 Å². The highest BCUT2D eigenvalue weighted by Crippen LogP contribution is 2.21. The smallest absolute Gasteiger partial charge is 0.422 e. The molecule has 13 heteroatoms. The molecule has 0 atom stereocenters. The largest absolute Gasteiger partial charge is 0.494 e. The number of aromatic nitrogens is 3. The molecule has 7 rings (SSSR count). The Morgan fingerprint density at radius 3 is 2.41 bits per heavy atom. The van der Waals surface area contributed by atoms with Gasteiger partial charge >= 0.3 is 12.2 Å². The zero-order valence-electron chi connectivity index (χ0n) is 25.0. The Bertz CT molecular complexity index is 1420. The van der Waals surface area contributed by atoms with Crippen molar-refractivity contribution in [3.8, 4) is 11.8 Å². The van der Waals surface area contributed by atoms with Gasteiger partial charge in [0.15, 0.2) is 6.61 Å². The van der Waals surface area contributed by atoms with Crippen LogP contribution < -0.4 is 20.1 Å². The average molecular weight is 615 g/mol. The summed E-state index contributed by atoms with van der Waals surface area (Å²) in [6.07, 6.45) is -3.37. The van der Waals surface area contributed by atoms with Crippen molar-refractivity contribution in [3.05, 3.63) is 71.0 Å². The van der Waals surface area contributed by atoms with Crippen molar-refractivity contribution in [2.75, 3.05) is 38.2 Å². The summed E-state index contributed by atoms with van der Waals surface area (Å²) < 4.78 is 49.1. The van der Waals surface area contributed by atoms with E-state index in [1.165, 1.54) is 0 Å². The molecule has 4 aliphatic heterocycles. The normalized spacial score (nSPS) is 16.3. The van der Waals surface area contributed by atoms with E-state index >= 15 is 0 Å². The lowest BCUT2D eigenvalue weighted by molar-refractivity contribution is -0.154. The van der Waals surface area contributed by atoms with E-state index in [0.29, 0.717) is 50.4 Å². The van der Waals surface area contributed by atoms with Crippen LogP contribution in [0, 0.1) is 5.41 Å². The van der Waals surface area contributed by atoms with E-state index in [2.05, 4.69) is 25.6 Å². The Balaban J connectivity index is 1.58. The third kappa shape index (κ3) is 10.1. The molecule has 0 saturated carbocycles. The molecule has 5 heterocycles. The highest BCUT2D eigenvalue weighted by Gasteiger charge is 2.29. The molecule has 0 radical (unpaired) electrons. The molecule has 1 aromatic heterocycles. The van der Waals surface area contributed by atoms with Crippen molar-refractivity contribution in [2.45, 2.75) is 52.8 Å². The van der Waals surface area contributed by atoms with Crippen LogP contribution in [-0.4, -0.2) is 70.7 Å².